The third kappa shape index (κ3) is 5.42. The van der Waals surface area contributed by atoms with Gasteiger partial charge < -0.3 is 15.2 Å². The average Bonchev–Trinajstić information content (AvgIpc) is 2.74. The molecule has 1 heterocycles. The van der Waals surface area contributed by atoms with E-state index in [9.17, 15) is 9.59 Å². The monoisotopic (exact) mass is 395 g/mol. The van der Waals surface area contributed by atoms with Gasteiger partial charge in [0.2, 0.25) is 5.91 Å². The van der Waals surface area contributed by atoms with Crippen LogP contribution in [0.1, 0.15) is 18.9 Å². The number of nitrogens with two attached hydrogens (primary N) is 1. The molecule has 0 bridgehead atoms. The first-order chi connectivity index (χ1) is 14.1. The largest absolute Gasteiger partial charge is 0.492 e. The fraction of sp³-hybridized carbons (Fsp3) is 0.318. The molecule has 1 unspecified atom stereocenters. The van der Waals surface area contributed by atoms with Gasteiger partial charge in [-0.25, -0.2) is 4.68 Å². The molecule has 7 nitrogen and oxygen atoms in total. The number of carbonyl (C=O) groups excluding carboxylic acids is 1. The molecular formula is C22H25N3O4. The second-order valence-electron chi connectivity index (χ2n) is 6.72. The maximum absolute atomic E-state index is 12.4. The molecule has 0 saturated heterocycles. The summed E-state index contributed by atoms with van der Waals surface area (Å²) in [7, 11) is 0. The predicted octanol–water partition coefficient (Wildman–Crippen LogP) is 2.30. The van der Waals surface area contributed by atoms with Crippen LogP contribution in [0.15, 0.2) is 59.5 Å². The van der Waals surface area contributed by atoms with E-state index in [-0.39, 0.29) is 5.56 Å². The quantitative estimate of drug-likeness (QED) is 0.568. The van der Waals surface area contributed by atoms with Crippen molar-refractivity contribution in [1.29, 1.82) is 0 Å². The second-order valence-corrected chi connectivity index (χ2v) is 6.72. The van der Waals surface area contributed by atoms with E-state index in [1.165, 1.54) is 4.68 Å². The van der Waals surface area contributed by atoms with Crippen molar-refractivity contribution >= 4 is 16.7 Å². The van der Waals surface area contributed by atoms with Gasteiger partial charge >= 0.3 is 0 Å². The molecule has 0 spiro atoms. The van der Waals surface area contributed by atoms with Crippen LogP contribution in [0.5, 0.6) is 5.75 Å². The van der Waals surface area contributed by atoms with Crippen molar-refractivity contribution < 1.29 is 14.3 Å². The number of fused-ring (bicyclic) bond motifs is 1. The first kappa shape index (κ1) is 20.5. The highest BCUT2D eigenvalue weighted by Crippen LogP contribution is 2.15. The van der Waals surface area contributed by atoms with E-state index < -0.39 is 12.0 Å². The Morgan fingerprint density at radius 2 is 1.90 bits per heavy atom. The minimum atomic E-state index is -0.632. The maximum atomic E-state index is 12.4. The Bertz CT molecular complexity index is 1010. The Kier molecular flexibility index (Phi) is 6.97. The summed E-state index contributed by atoms with van der Waals surface area (Å²) in [6.45, 7) is 3.14. The van der Waals surface area contributed by atoms with Gasteiger partial charge in [0.05, 0.1) is 18.1 Å². The van der Waals surface area contributed by atoms with Gasteiger partial charge in [-0.15, -0.1) is 0 Å². The molecule has 3 aromatic rings. The minimum Gasteiger partial charge on any atom is -0.492 e. The lowest BCUT2D eigenvalue weighted by Crippen LogP contribution is -2.33. The van der Waals surface area contributed by atoms with Crippen LogP contribution in [0.4, 0.5) is 0 Å². The summed E-state index contributed by atoms with van der Waals surface area (Å²) < 4.78 is 12.6. The standard InChI is InChI=1S/C22H25N3O4/c1-2-12-29-20(21(23)26)14-16-7-9-18(10-8-16)28-13-11-25-22(27)19-6-4-3-5-17(19)15-24-25/h3-10,15,20H,2,11-14H2,1H3,(H2,23,26). The van der Waals surface area contributed by atoms with Gasteiger partial charge in [0.15, 0.2) is 0 Å². The number of amides is 1. The van der Waals surface area contributed by atoms with E-state index in [0.717, 1.165) is 17.4 Å². The van der Waals surface area contributed by atoms with E-state index >= 15 is 0 Å². The predicted molar refractivity (Wildman–Crippen MR) is 111 cm³/mol. The number of benzene rings is 2. The highest BCUT2D eigenvalue weighted by Gasteiger charge is 2.16. The zero-order chi connectivity index (χ0) is 20.6. The van der Waals surface area contributed by atoms with Crippen LogP contribution in [0.2, 0.25) is 0 Å². The molecule has 3 rings (SSSR count). The number of primary amides is 1. The highest BCUT2D eigenvalue weighted by atomic mass is 16.5. The first-order valence-electron chi connectivity index (χ1n) is 9.66. The Morgan fingerprint density at radius 1 is 1.14 bits per heavy atom. The summed E-state index contributed by atoms with van der Waals surface area (Å²) in [5, 5.41) is 5.65. The zero-order valence-electron chi connectivity index (χ0n) is 16.4. The lowest BCUT2D eigenvalue weighted by molar-refractivity contribution is -0.129. The van der Waals surface area contributed by atoms with Crippen molar-refractivity contribution in [3.05, 3.63) is 70.6 Å². The number of carbonyl (C=O) groups is 1. The van der Waals surface area contributed by atoms with E-state index in [2.05, 4.69) is 5.10 Å². The van der Waals surface area contributed by atoms with Crippen molar-refractivity contribution in [3.8, 4) is 5.75 Å². The van der Waals surface area contributed by atoms with E-state index in [4.69, 9.17) is 15.2 Å². The van der Waals surface area contributed by atoms with Crippen molar-refractivity contribution in [1.82, 2.24) is 9.78 Å². The third-order valence-electron chi connectivity index (χ3n) is 4.52. The van der Waals surface area contributed by atoms with Crippen LogP contribution >= 0.6 is 0 Å². The molecule has 0 aliphatic carbocycles. The Labute approximate surface area is 169 Å². The van der Waals surface area contributed by atoms with Crippen molar-refractivity contribution in [2.45, 2.75) is 32.4 Å². The lowest BCUT2D eigenvalue weighted by atomic mass is 10.1. The van der Waals surface area contributed by atoms with Gasteiger partial charge in [-0.05, 0) is 30.2 Å². The fourth-order valence-electron chi connectivity index (χ4n) is 2.97. The van der Waals surface area contributed by atoms with Gasteiger partial charge in [-0.2, -0.15) is 5.10 Å². The molecule has 7 heteroatoms. The first-order valence-corrected chi connectivity index (χ1v) is 9.66. The second kappa shape index (κ2) is 9.84. The number of hydrogen-bond acceptors (Lipinski definition) is 5. The smallest absolute Gasteiger partial charge is 0.274 e. The molecule has 2 aromatic carbocycles. The van der Waals surface area contributed by atoms with E-state index in [1.807, 2.05) is 49.4 Å². The normalized spacial score (nSPS) is 12.0. The molecule has 29 heavy (non-hydrogen) atoms. The Morgan fingerprint density at radius 3 is 2.62 bits per heavy atom. The summed E-state index contributed by atoms with van der Waals surface area (Å²) >= 11 is 0. The van der Waals surface area contributed by atoms with Crippen LogP contribution in [-0.2, 0) is 22.5 Å². The van der Waals surface area contributed by atoms with Crippen molar-refractivity contribution in [2.75, 3.05) is 13.2 Å². The molecular weight excluding hydrogens is 370 g/mol. The highest BCUT2D eigenvalue weighted by molar-refractivity contribution is 5.80. The minimum absolute atomic E-state index is 0.133. The van der Waals surface area contributed by atoms with Crippen LogP contribution in [-0.4, -0.2) is 35.0 Å². The molecule has 0 saturated carbocycles. The number of rotatable bonds is 10. The number of nitrogens with zero attached hydrogens (tertiary/aromatic N) is 2. The van der Waals surface area contributed by atoms with Gasteiger partial charge in [0.25, 0.3) is 5.56 Å². The molecule has 0 aliphatic rings. The number of aromatic nitrogens is 2. The van der Waals surface area contributed by atoms with Gasteiger partial charge in [-0.3, -0.25) is 9.59 Å². The average molecular weight is 395 g/mol. The molecule has 1 atom stereocenters. The molecule has 0 aliphatic heterocycles. The summed E-state index contributed by atoms with van der Waals surface area (Å²) in [5.41, 5.74) is 6.20. The number of hydrogen-bond donors (Lipinski definition) is 1. The molecule has 1 aromatic heterocycles. The molecule has 2 N–H and O–H groups in total. The van der Waals surface area contributed by atoms with Gasteiger partial charge in [0, 0.05) is 18.4 Å². The zero-order valence-corrected chi connectivity index (χ0v) is 16.4. The SMILES string of the molecule is CCCOC(Cc1ccc(OCCn2ncc3ccccc3c2=O)cc1)C(N)=O. The van der Waals surface area contributed by atoms with Crippen molar-refractivity contribution in [3.63, 3.8) is 0 Å². The van der Waals surface area contributed by atoms with Gasteiger partial charge in [0.1, 0.15) is 18.5 Å². The lowest BCUT2D eigenvalue weighted by Gasteiger charge is -2.14. The van der Waals surface area contributed by atoms with Gasteiger partial charge in [-0.1, -0.05) is 37.3 Å². The van der Waals surface area contributed by atoms with Crippen LogP contribution in [0, 0.1) is 0 Å². The summed E-state index contributed by atoms with van der Waals surface area (Å²) in [6, 6.07) is 14.8. The van der Waals surface area contributed by atoms with Crippen LogP contribution in [0.25, 0.3) is 10.8 Å². The van der Waals surface area contributed by atoms with Crippen molar-refractivity contribution in [2.24, 2.45) is 5.73 Å². The summed E-state index contributed by atoms with van der Waals surface area (Å²) in [6.07, 6.45) is 2.30. The topological polar surface area (TPSA) is 96.4 Å². The molecule has 152 valence electrons. The Balaban J connectivity index is 1.56. The fourth-order valence-corrected chi connectivity index (χ4v) is 2.97. The number of ether oxygens (including phenoxy) is 2. The van der Waals surface area contributed by atoms with Crippen LogP contribution < -0.4 is 16.0 Å². The third-order valence-corrected chi connectivity index (χ3v) is 4.52. The van der Waals surface area contributed by atoms with E-state index in [1.54, 1.807) is 12.3 Å². The molecule has 0 fully saturated rings. The van der Waals surface area contributed by atoms with E-state index in [0.29, 0.717) is 37.3 Å². The Hall–Kier alpha value is -3.19. The summed E-state index contributed by atoms with van der Waals surface area (Å²) in [5.74, 6) is 0.208. The summed E-state index contributed by atoms with van der Waals surface area (Å²) in [4.78, 5) is 23.9. The maximum Gasteiger partial charge on any atom is 0.274 e. The van der Waals surface area contributed by atoms with Crippen LogP contribution in [0.3, 0.4) is 0 Å². The molecule has 1 amide bonds. The molecule has 0 radical (unpaired) electrons.